The van der Waals surface area contributed by atoms with Crippen molar-refractivity contribution in [3.05, 3.63) is 40.4 Å². The van der Waals surface area contributed by atoms with Crippen molar-refractivity contribution in [2.75, 3.05) is 12.3 Å². The highest BCUT2D eigenvalue weighted by Gasteiger charge is 2.26. The van der Waals surface area contributed by atoms with Gasteiger partial charge in [-0.25, -0.2) is 4.98 Å². The zero-order chi connectivity index (χ0) is 13.4. The molecule has 1 aromatic heterocycles. The van der Waals surface area contributed by atoms with Crippen molar-refractivity contribution in [2.24, 2.45) is 0 Å². The molecule has 1 aliphatic rings. The predicted molar refractivity (Wildman–Crippen MR) is 73.4 cm³/mol. The number of hydrogen-bond acceptors (Lipinski definition) is 5. The maximum absolute atomic E-state index is 12.2. The van der Waals surface area contributed by atoms with Crippen molar-refractivity contribution >= 4 is 22.4 Å². The second-order valence-corrected chi connectivity index (χ2v) is 5.37. The van der Waals surface area contributed by atoms with Crippen molar-refractivity contribution in [1.29, 1.82) is 0 Å². The average molecular weight is 275 g/mol. The van der Waals surface area contributed by atoms with E-state index in [1.54, 1.807) is 6.92 Å². The average Bonchev–Trinajstić information content (AvgIpc) is 2.94. The number of hydrogen-bond donors (Lipinski definition) is 2. The molecule has 0 bridgehead atoms. The molecular weight excluding hydrogens is 262 g/mol. The number of nitrogen functional groups attached to an aromatic ring is 1. The minimum Gasteiger partial charge on any atom is -0.491 e. The van der Waals surface area contributed by atoms with Gasteiger partial charge in [-0.3, -0.25) is 4.79 Å². The van der Waals surface area contributed by atoms with Gasteiger partial charge in [0.05, 0.1) is 11.7 Å². The number of ether oxygens (including phenoxy) is 1. The molecule has 98 valence electrons. The van der Waals surface area contributed by atoms with E-state index in [9.17, 15) is 4.79 Å². The van der Waals surface area contributed by atoms with E-state index in [4.69, 9.17) is 10.5 Å². The van der Waals surface area contributed by atoms with Crippen LogP contribution in [0.1, 0.15) is 27.0 Å². The van der Waals surface area contributed by atoms with Gasteiger partial charge in [-0.05, 0) is 13.0 Å². The van der Waals surface area contributed by atoms with Crippen molar-refractivity contribution in [2.45, 2.75) is 13.0 Å². The van der Waals surface area contributed by atoms with Gasteiger partial charge in [0.1, 0.15) is 17.2 Å². The second-order valence-electron chi connectivity index (χ2n) is 4.34. The lowest BCUT2D eigenvalue weighted by molar-refractivity contribution is 0.0933. The molecule has 19 heavy (non-hydrogen) atoms. The number of fused-ring (bicyclic) bond motifs is 1. The summed E-state index contributed by atoms with van der Waals surface area (Å²) in [6.45, 7) is 2.24. The van der Waals surface area contributed by atoms with Gasteiger partial charge in [-0.2, -0.15) is 0 Å². The number of para-hydroxylation sites is 1. The molecule has 0 radical (unpaired) electrons. The third-order valence-corrected chi connectivity index (χ3v) is 4.01. The summed E-state index contributed by atoms with van der Waals surface area (Å²) in [6.07, 6.45) is 0. The Balaban J connectivity index is 1.80. The number of benzene rings is 1. The summed E-state index contributed by atoms with van der Waals surface area (Å²) in [5.74, 6) is 0.672. The molecule has 0 saturated carbocycles. The number of nitrogens with zero attached hydrogens (tertiary/aromatic N) is 1. The number of rotatable bonds is 2. The van der Waals surface area contributed by atoms with Crippen LogP contribution >= 0.6 is 11.3 Å². The Morgan fingerprint density at radius 3 is 3.05 bits per heavy atom. The summed E-state index contributed by atoms with van der Waals surface area (Å²) in [7, 11) is 0. The van der Waals surface area contributed by atoms with Gasteiger partial charge >= 0.3 is 0 Å². The van der Waals surface area contributed by atoms with E-state index in [1.165, 1.54) is 11.3 Å². The standard InChI is InChI=1S/C13H13N3O2S/c1-7-11(19-13(14)15-7)12(17)16-9-6-18-10-5-3-2-4-8(9)10/h2-5,9H,6H2,1H3,(H2,14,15)(H,16,17). The summed E-state index contributed by atoms with van der Waals surface area (Å²) in [6, 6.07) is 7.59. The predicted octanol–water partition coefficient (Wildman–Crippen LogP) is 1.90. The van der Waals surface area contributed by atoms with E-state index in [0.717, 1.165) is 11.3 Å². The van der Waals surface area contributed by atoms with Crippen molar-refractivity contribution in [3.63, 3.8) is 0 Å². The fourth-order valence-corrected chi connectivity index (χ4v) is 2.87. The molecule has 0 fully saturated rings. The van der Waals surface area contributed by atoms with Crippen LogP contribution in [-0.2, 0) is 0 Å². The first-order valence-electron chi connectivity index (χ1n) is 5.90. The van der Waals surface area contributed by atoms with Gasteiger partial charge in [0.25, 0.3) is 5.91 Å². The van der Waals surface area contributed by atoms with Crippen LogP contribution in [0.3, 0.4) is 0 Å². The van der Waals surface area contributed by atoms with Crippen LogP contribution in [0.4, 0.5) is 5.13 Å². The molecule has 1 amide bonds. The molecule has 3 N–H and O–H groups in total. The molecule has 0 aliphatic carbocycles. The first-order chi connectivity index (χ1) is 9.15. The van der Waals surface area contributed by atoms with Gasteiger partial charge in [0.15, 0.2) is 5.13 Å². The van der Waals surface area contributed by atoms with Crippen LogP contribution < -0.4 is 15.8 Å². The number of anilines is 1. The molecule has 0 spiro atoms. The minimum absolute atomic E-state index is 0.119. The number of aromatic nitrogens is 1. The molecule has 0 saturated heterocycles. The van der Waals surface area contributed by atoms with E-state index < -0.39 is 0 Å². The second kappa shape index (κ2) is 4.55. The van der Waals surface area contributed by atoms with Gasteiger partial charge in [0.2, 0.25) is 0 Å². The maximum Gasteiger partial charge on any atom is 0.263 e. The van der Waals surface area contributed by atoms with Crippen LogP contribution in [0, 0.1) is 6.92 Å². The Morgan fingerprint density at radius 2 is 2.32 bits per heavy atom. The molecule has 2 heterocycles. The number of carbonyl (C=O) groups excluding carboxylic acids is 1. The van der Waals surface area contributed by atoms with Crippen molar-refractivity contribution in [3.8, 4) is 5.75 Å². The van der Waals surface area contributed by atoms with E-state index in [1.807, 2.05) is 24.3 Å². The van der Waals surface area contributed by atoms with E-state index in [0.29, 0.717) is 22.3 Å². The molecule has 1 aromatic carbocycles. The quantitative estimate of drug-likeness (QED) is 0.877. The lowest BCUT2D eigenvalue weighted by Gasteiger charge is -2.10. The molecule has 1 unspecified atom stereocenters. The Labute approximate surface area is 114 Å². The largest absolute Gasteiger partial charge is 0.491 e. The molecule has 2 aromatic rings. The number of nitrogens with one attached hydrogen (secondary N) is 1. The Kier molecular flexibility index (Phi) is 2.87. The Hall–Kier alpha value is -2.08. The van der Waals surface area contributed by atoms with Gasteiger partial charge in [0, 0.05) is 5.56 Å². The Bertz CT molecular complexity index is 639. The first kappa shape index (κ1) is 12.0. The lowest BCUT2D eigenvalue weighted by atomic mass is 10.1. The number of carbonyl (C=O) groups is 1. The number of nitrogens with two attached hydrogens (primary N) is 1. The number of amides is 1. The smallest absolute Gasteiger partial charge is 0.263 e. The van der Waals surface area contributed by atoms with Crippen LogP contribution in [0.5, 0.6) is 5.75 Å². The molecule has 5 nitrogen and oxygen atoms in total. The molecule has 3 rings (SSSR count). The fraction of sp³-hybridized carbons (Fsp3) is 0.231. The summed E-state index contributed by atoms with van der Waals surface area (Å²) < 4.78 is 5.53. The monoisotopic (exact) mass is 275 g/mol. The third kappa shape index (κ3) is 2.15. The maximum atomic E-state index is 12.2. The van der Waals surface area contributed by atoms with E-state index in [-0.39, 0.29) is 11.9 Å². The van der Waals surface area contributed by atoms with Crippen molar-refractivity contribution in [1.82, 2.24) is 10.3 Å². The normalized spacial score (nSPS) is 16.8. The molecular formula is C13H13N3O2S. The number of aryl methyl sites for hydroxylation is 1. The topological polar surface area (TPSA) is 77.2 Å². The third-order valence-electron chi connectivity index (χ3n) is 3.02. The van der Waals surface area contributed by atoms with E-state index >= 15 is 0 Å². The summed E-state index contributed by atoms with van der Waals surface area (Å²) in [5, 5.41) is 3.36. The minimum atomic E-state index is -0.156. The van der Waals surface area contributed by atoms with Gasteiger partial charge in [-0.1, -0.05) is 29.5 Å². The fourth-order valence-electron chi connectivity index (χ4n) is 2.13. The van der Waals surface area contributed by atoms with Gasteiger partial charge in [-0.15, -0.1) is 0 Å². The highest BCUT2D eigenvalue weighted by atomic mass is 32.1. The zero-order valence-electron chi connectivity index (χ0n) is 10.3. The highest BCUT2D eigenvalue weighted by molar-refractivity contribution is 7.17. The Morgan fingerprint density at radius 1 is 1.53 bits per heavy atom. The summed E-state index contributed by atoms with van der Waals surface area (Å²) in [5.41, 5.74) is 7.27. The lowest BCUT2D eigenvalue weighted by Crippen LogP contribution is -2.29. The first-order valence-corrected chi connectivity index (χ1v) is 6.72. The molecule has 1 atom stereocenters. The molecule has 1 aliphatic heterocycles. The summed E-state index contributed by atoms with van der Waals surface area (Å²) >= 11 is 1.20. The van der Waals surface area contributed by atoms with E-state index in [2.05, 4.69) is 10.3 Å². The molecule has 6 heteroatoms. The van der Waals surface area contributed by atoms with Gasteiger partial charge < -0.3 is 15.8 Å². The van der Waals surface area contributed by atoms with Crippen molar-refractivity contribution < 1.29 is 9.53 Å². The summed E-state index contributed by atoms with van der Waals surface area (Å²) in [4.78, 5) is 16.8. The van der Waals surface area contributed by atoms with Crippen LogP contribution in [0.2, 0.25) is 0 Å². The zero-order valence-corrected chi connectivity index (χ0v) is 11.2. The van der Waals surface area contributed by atoms with Crippen LogP contribution in [0.25, 0.3) is 0 Å². The highest BCUT2D eigenvalue weighted by Crippen LogP contribution is 2.32. The van der Waals surface area contributed by atoms with Crippen LogP contribution in [-0.4, -0.2) is 17.5 Å². The van der Waals surface area contributed by atoms with Crippen LogP contribution in [0.15, 0.2) is 24.3 Å². The SMILES string of the molecule is Cc1nc(N)sc1C(=O)NC1COc2ccccc21. The number of thiazole rings is 1.